The van der Waals surface area contributed by atoms with Crippen molar-refractivity contribution in [2.45, 2.75) is 13.5 Å². The number of aryl methyl sites for hydroxylation is 1. The highest BCUT2D eigenvalue weighted by molar-refractivity contribution is 6.32. The van der Waals surface area contributed by atoms with E-state index in [0.717, 1.165) is 16.8 Å². The largest absolute Gasteiger partial charge is 0.496 e. The molecule has 0 aliphatic rings. The smallest absolute Gasteiger partial charge is 0.255 e. The van der Waals surface area contributed by atoms with E-state index in [1.54, 1.807) is 37.4 Å². The first-order chi connectivity index (χ1) is 13.1. The third kappa shape index (κ3) is 4.60. The molecule has 0 unspecified atom stereocenters. The molecule has 0 spiro atoms. The van der Waals surface area contributed by atoms with Gasteiger partial charge in [0, 0.05) is 16.8 Å². The average molecular weight is 382 g/mol. The number of nitrogens with one attached hydrogen (secondary N) is 1. The van der Waals surface area contributed by atoms with Crippen molar-refractivity contribution in [3.05, 3.63) is 88.4 Å². The number of amides is 1. The minimum absolute atomic E-state index is 0.189. The molecule has 0 aromatic heterocycles. The van der Waals surface area contributed by atoms with Crippen molar-refractivity contribution in [2.24, 2.45) is 0 Å². The van der Waals surface area contributed by atoms with Crippen LogP contribution in [0.1, 0.15) is 21.5 Å². The second kappa shape index (κ2) is 8.60. The summed E-state index contributed by atoms with van der Waals surface area (Å²) in [5.41, 5.74) is 3.07. The molecule has 5 heteroatoms. The molecule has 0 heterocycles. The molecule has 0 atom stereocenters. The molecule has 1 N–H and O–H groups in total. The summed E-state index contributed by atoms with van der Waals surface area (Å²) in [5, 5.41) is 3.46. The monoisotopic (exact) mass is 381 g/mol. The van der Waals surface area contributed by atoms with Gasteiger partial charge in [0.15, 0.2) is 0 Å². The van der Waals surface area contributed by atoms with Gasteiger partial charge in [-0.25, -0.2) is 0 Å². The Bertz CT molecular complexity index is 956. The number of rotatable bonds is 6. The first-order valence-corrected chi connectivity index (χ1v) is 8.87. The molecule has 3 aromatic carbocycles. The lowest BCUT2D eigenvalue weighted by molar-refractivity contribution is 0.102. The number of carbonyl (C=O) groups is 1. The van der Waals surface area contributed by atoms with Crippen LogP contribution in [-0.2, 0) is 6.61 Å². The minimum atomic E-state index is -0.189. The molecule has 0 saturated heterocycles. The molecule has 27 heavy (non-hydrogen) atoms. The number of hydrogen-bond acceptors (Lipinski definition) is 3. The lowest BCUT2D eigenvalue weighted by Crippen LogP contribution is -2.13. The Morgan fingerprint density at radius 1 is 1.00 bits per heavy atom. The molecule has 4 nitrogen and oxygen atoms in total. The van der Waals surface area contributed by atoms with E-state index in [4.69, 9.17) is 21.1 Å². The van der Waals surface area contributed by atoms with Gasteiger partial charge in [-0.05, 0) is 48.9 Å². The van der Waals surface area contributed by atoms with E-state index in [1.807, 2.05) is 43.3 Å². The van der Waals surface area contributed by atoms with Crippen molar-refractivity contribution < 1.29 is 14.3 Å². The van der Waals surface area contributed by atoms with Gasteiger partial charge in [0.2, 0.25) is 0 Å². The number of hydrogen-bond donors (Lipinski definition) is 1. The number of methoxy groups -OCH3 is 1. The predicted molar refractivity (Wildman–Crippen MR) is 108 cm³/mol. The summed E-state index contributed by atoms with van der Waals surface area (Å²) < 4.78 is 11.2. The maximum Gasteiger partial charge on any atom is 0.255 e. The fraction of sp³-hybridized carbons (Fsp3) is 0.136. The van der Waals surface area contributed by atoms with E-state index >= 15 is 0 Å². The third-order valence-corrected chi connectivity index (χ3v) is 4.47. The van der Waals surface area contributed by atoms with Crippen LogP contribution < -0.4 is 14.8 Å². The van der Waals surface area contributed by atoms with E-state index in [0.29, 0.717) is 22.1 Å². The Balaban J connectivity index is 1.79. The van der Waals surface area contributed by atoms with Crippen molar-refractivity contribution in [1.82, 2.24) is 0 Å². The van der Waals surface area contributed by atoms with Gasteiger partial charge in [-0.15, -0.1) is 0 Å². The van der Waals surface area contributed by atoms with Crippen molar-refractivity contribution in [2.75, 3.05) is 12.4 Å². The molecular formula is C22H20ClNO3. The number of anilines is 1. The summed E-state index contributed by atoms with van der Waals surface area (Å²) in [6.45, 7) is 2.19. The lowest BCUT2D eigenvalue weighted by atomic mass is 10.1. The fourth-order valence-electron chi connectivity index (χ4n) is 2.66. The Kier molecular flexibility index (Phi) is 5.99. The van der Waals surface area contributed by atoms with Gasteiger partial charge in [-0.1, -0.05) is 41.9 Å². The van der Waals surface area contributed by atoms with Crippen LogP contribution in [0.4, 0.5) is 5.69 Å². The van der Waals surface area contributed by atoms with Crippen LogP contribution in [0.15, 0.2) is 66.7 Å². The minimum Gasteiger partial charge on any atom is -0.496 e. The number of para-hydroxylation sites is 2. The van der Waals surface area contributed by atoms with Crippen LogP contribution in [0.25, 0.3) is 0 Å². The van der Waals surface area contributed by atoms with Gasteiger partial charge in [0.05, 0.1) is 12.1 Å². The quantitative estimate of drug-likeness (QED) is 0.614. The highest BCUT2D eigenvalue weighted by Crippen LogP contribution is 2.27. The van der Waals surface area contributed by atoms with Gasteiger partial charge in [0.1, 0.15) is 18.1 Å². The molecule has 3 aromatic rings. The van der Waals surface area contributed by atoms with Crippen molar-refractivity contribution in [3.63, 3.8) is 0 Å². The molecule has 0 radical (unpaired) electrons. The van der Waals surface area contributed by atoms with Crippen molar-refractivity contribution in [3.8, 4) is 11.5 Å². The van der Waals surface area contributed by atoms with E-state index in [-0.39, 0.29) is 12.5 Å². The zero-order valence-corrected chi connectivity index (χ0v) is 15.9. The van der Waals surface area contributed by atoms with Crippen molar-refractivity contribution in [1.29, 1.82) is 0 Å². The summed E-state index contributed by atoms with van der Waals surface area (Å²) in [7, 11) is 1.58. The predicted octanol–water partition coefficient (Wildman–Crippen LogP) is 5.49. The molecule has 3 rings (SSSR count). The maximum atomic E-state index is 12.6. The summed E-state index contributed by atoms with van der Waals surface area (Å²) in [6.07, 6.45) is 0. The van der Waals surface area contributed by atoms with Crippen LogP contribution in [0, 0.1) is 6.92 Å². The zero-order chi connectivity index (χ0) is 19.2. The van der Waals surface area contributed by atoms with Crippen LogP contribution in [-0.4, -0.2) is 13.0 Å². The Labute approximate surface area is 163 Å². The summed E-state index contributed by atoms with van der Waals surface area (Å²) >= 11 is 6.13. The van der Waals surface area contributed by atoms with Gasteiger partial charge >= 0.3 is 0 Å². The topological polar surface area (TPSA) is 47.6 Å². The third-order valence-electron chi connectivity index (χ3n) is 4.16. The van der Waals surface area contributed by atoms with Gasteiger partial charge in [-0.2, -0.15) is 0 Å². The van der Waals surface area contributed by atoms with Crippen LogP contribution in [0.3, 0.4) is 0 Å². The lowest BCUT2D eigenvalue weighted by Gasteiger charge is -2.13. The standard InChI is InChI=1S/C22H20ClNO3/c1-15-7-3-5-9-19(15)24-22(25)16-11-12-20(26-2)17(13-16)14-27-21-10-6-4-8-18(21)23/h3-13H,14H2,1-2H3,(H,24,25). The Morgan fingerprint density at radius 3 is 2.48 bits per heavy atom. The Hall–Kier alpha value is -2.98. The Morgan fingerprint density at radius 2 is 1.74 bits per heavy atom. The van der Waals surface area contributed by atoms with Crippen LogP contribution >= 0.6 is 11.6 Å². The normalized spacial score (nSPS) is 10.3. The summed E-state index contributed by atoms with van der Waals surface area (Å²) in [4.78, 5) is 12.6. The molecule has 0 aliphatic carbocycles. The van der Waals surface area contributed by atoms with E-state index in [9.17, 15) is 4.79 Å². The maximum absolute atomic E-state index is 12.6. The zero-order valence-electron chi connectivity index (χ0n) is 15.2. The first-order valence-electron chi connectivity index (χ1n) is 8.49. The molecule has 0 saturated carbocycles. The number of halogens is 1. The first kappa shape index (κ1) is 18.8. The number of ether oxygens (including phenoxy) is 2. The van der Waals surface area contributed by atoms with Crippen molar-refractivity contribution >= 4 is 23.2 Å². The molecule has 0 bridgehead atoms. The highest BCUT2D eigenvalue weighted by Gasteiger charge is 2.12. The van der Waals surface area contributed by atoms with Gasteiger partial charge in [0.25, 0.3) is 5.91 Å². The molecule has 138 valence electrons. The molecular weight excluding hydrogens is 362 g/mol. The fourth-order valence-corrected chi connectivity index (χ4v) is 2.85. The average Bonchev–Trinajstić information content (AvgIpc) is 2.69. The highest BCUT2D eigenvalue weighted by atomic mass is 35.5. The van der Waals surface area contributed by atoms with Gasteiger partial charge in [-0.3, -0.25) is 4.79 Å². The summed E-state index contributed by atoms with van der Waals surface area (Å²) in [6, 6.07) is 20.2. The van der Waals surface area contributed by atoms with E-state index in [2.05, 4.69) is 5.32 Å². The number of benzene rings is 3. The summed E-state index contributed by atoms with van der Waals surface area (Å²) in [5.74, 6) is 1.04. The second-order valence-electron chi connectivity index (χ2n) is 6.01. The van der Waals surface area contributed by atoms with Crippen LogP contribution in [0.2, 0.25) is 5.02 Å². The number of carbonyl (C=O) groups excluding carboxylic acids is 1. The molecule has 0 fully saturated rings. The molecule has 1 amide bonds. The van der Waals surface area contributed by atoms with Crippen LogP contribution in [0.5, 0.6) is 11.5 Å². The molecule has 0 aliphatic heterocycles. The van der Waals surface area contributed by atoms with E-state index in [1.165, 1.54) is 0 Å². The van der Waals surface area contributed by atoms with E-state index < -0.39 is 0 Å². The SMILES string of the molecule is COc1ccc(C(=O)Nc2ccccc2C)cc1COc1ccccc1Cl. The van der Waals surface area contributed by atoms with Gasteiger partial charge < -0.3 is 14.8 Å². The second-order valence-corrected chi connectivity index (χ2v) is 6.42.